The third-order valence-electron chi connectivity index (χ3n) is 9.19. The van der Waals surface area contributed by atoms with E-state index >= 15 is 0 Å². The van der Waals surface area contributed by atoms with Gasteiger partial charge in [-0.05, 0) is 114 Å². The first kappa shape index (κ1) is 38.6. The van der Waals surface area contributed by atoms with Crippen molar-refractivity contribution in [2.45, 2.75) is 52.4 Å². The maximum absolute atomic E-state index is 14.4. The number of amides is 2. The molecule has 0 heterocycles. The summed E-state index contributed by atoms with van der Waals surface area (Å²) in [6, 6.07) is 28.7. The van der Waals surface area contributed by atoms with E-state index in [-0.39, 0.29) is 59.9 Å². The number of hydrogen-bond donors (Lipinski definition) is 3. The van der Waals surface area contributed by atoms with Gasteiger partial charge in [0.05, 0.1) is 12.0 Å². The molecule has 0 bridgehead atoms. The minimum atomic E-state index is -2.97. The summed E-state index contributed by atoms with van der Waals surface area (Å²) < 4.78 is 25.8. The van der Waals surface area contributed by atoms with Gasteiger partial charge in [0, 0.05) is 22.8 Å². The normalized spacial score (nSPS) is 15.0. The SMILES string of the molecule is Cc1cc(Cl)ccc1-c1ccc(NC(=O)C(C)(c2ccc(C(=O)NCCO[SH](=O)=O)cc2)c2cccc(C3=CCC(C)(C)CC3)c2)cc1.[NaH]. The Morgan fingerprint density at radius 2 is 1.63 bits per heavy atom. The summed E-state index contributed by atoms with van der Waals surface area (Å²) in [5.41, 5.74) is 7.27. The van der Waals surface area contributed by atoms with Crippen molar-refractivity contribution in [3.63, 3.8) is 0 Å². The van der Waals surface area contributed by atoms with Crippen molar-refractivity contribution in [2.24, 2.45) is 5.41 Å². The summed E-state index contributed by atoms with van der Waals surface area (Å²) in [5.74, 6) is -0.586. The van der Waals surface area contributed by atoms with Gasteiger partial charge in [0.15, 0.2) is 0 Å². The predicted molar refractivity (Wildman–Crippen MR) is 201 cm³/mol. The van der Waals surface area contributed by atoms with Crippen molar-refractivity contribution in [1.82, 2.24) is 5.32 Å². The molecule has 252 valence electrons. The Kier molecular flexibility index (Phi) is 13.1. The molecule has 1 aliphatic rings. The summed E-state index contributed by atoms with van der Waals surface area (Å²) in [4.78, 5) is 27.1. The molecule has 4 aromatic rings. The fourth-order valence-corrected chi connectivity index (χ4v) is 6.55. The Morgan fingerprint density at radius 1 is 0.918 bits per heavy atom. The van der Waals surface area contributed by atoms with Gasteiger partial charge in [-0.15, -0.1) is 0 Å². The number of halogens is 1. The molecule has 0 saturated carbocycles. The van der Waals surface area contributed by atoms with Crippen LogP contribution in [0.3, 0.4) is 0 Å². The number of hydrogen-bond acceptors (Lipinski definition) is 5. The molecule has 4 aromatic carbocycles. The fraction of sp³-hybridized carbons (Fsp3) is 0.282. The minimum absolute atomic E-state index is 0. The van der Waals surface area contributed by atoms with Crippen molar-refractivity contribution >= 4 is 75.2 Å². The standard InChI is InChI=1S/C39H41ClN2O5S.Na.H/c1-26-24-33(40)14-17-35(26)28-10-15-34(16-11-28)42-37(44)39(4,31-12-8-29(9-13-31)36(43)41-22-23-47-48(45)46)32-7-5-6-30(25-32)27-18-20-38(2,3)21-19-27;;/h5-18,24-25,48H,19-23H2,1-4H3,(H,41,43)(H,42,44);;. The number of aryl methyl sites for hydroxylation is 1. The molecule has 49 heavy (non-hydrogen) atoms. The van der Waals surface area contributed by atoms with Crippen LogP contribution in [0.1, 0.15) is 72.6 Å². The average Bonchev–Trinajstić information content (AvgIpc) is 3.06. The third-order valence-corrected chi connectivity index (χ3v) is 9.82. The van der Waals surface area contributed by atoms with E-state index in [1.54, 1.807) is 24.3 Å². The third kappa shape index (κ3) is 9.51. The predicted octanol–water partition coefficient (Wildman–Crippen LogP) is 7.48. The summed E-state index contributed by atoms with van der Waals surface area (Å²) in [6.07, 6.45) is 5.38. The van der Waals surface area contributed by atoms with Crippen LogP contribution in [0.4, 0.5) is 5.69 Å². The second kappa shape index (κ2) is 16.6. The van der Waals surface area contributed by atoms with Crippen LogP contribution in [0.2, 0.25) is 5.02 Å². The van der Waals surface area contributed by atoms with Crippen molar-refractivity contribution in [2.75, 3.05) is 18.5 Å². The van der Waals surface area contributed by atoms with E-state index in [1.807, 2.05) is 68.4 Å². The Labute approximate surface area is 318 Å². The summed E-state index contributed by atoms with van der Waals surface area (Å²) >= 11 is 6.16. The molecular formula is C39H42ClN2NaO5S. The molecule has 0 saturated heterocycles. The van der Waals surface area contributed by atoms with Crippen LogP contribution in [0.15, 0.2) is 97.1 Å². The number of benzene rings is 4. The molecule has 10 heteroatoms. The summed E-state index contributed by atoms with van der Waals surface area (Å²) in [6.45, 7) is 8.39. The number of allylic oxidation sites excluding steroid dienone is 2. The molecule has 0 radical (unpaired) electrons. The van der Waals surface area contributed by atoms with E-state index in [0.717, 1.165) is 47.1 Å². The zero-order chi connectivity index (χ0) is 34.5. The first-order valence-corrected chi connectivity index (χ1v) is 17.5. The van der Waals surface area contributed by atoms with Crippen LogP contribution in [0, 0.1) is 12.3 Å². The molecule has 5 rings (SSSR count). The Morgan fingerprint density at radius 3 is 2.27 bits per heavy atom. The van der Waals surface area contributed by atoms with Crippen LogP contribution in [-0.2, 0) is 25.4 Å². The van der Waals surface area contributed by atoms with Crippen LogP contribution in [-0.4, -0.2) is 62.9 Å². The molecule has 0 spiro atoms. The van der Waals surface area contributed by atoms with Gasteiger partial charge in [-0.1, -0.05) is 86.1 Å². The van der Waals surface area contributed by atoms with E-state index in [4.69, 9.17) is 11.6 Å². The molecule has 0 aromatic heterocycles. The van der Waals surface area contributed by atoms with Crippen LogP contribution >= 0.6 is 11.6 Å². The van der Waals surface area contributed by atoms with Gasteiger partial charge in [0.25, 0.3) is 16.9 Å². The number of nitrogens with one attached hydrogen (secondary N) is 2. The Balaban J connectivity index is 0.00000541. The fourth-order valence-electron chi connectivity index (χ4n) is 6.08. The van der Waals surface area contributed by atoms with Gasteiger partial charge >= 0.3 is 29.6 Å². The van der Waals surface area contributed by atoms with E-state index in [1.165, 1.54) is 5.57 Å². The van der Waals surface area contributed by atoms with Crippen LogP contribution in [0.5, 0.6) is 0 Å². The van der Waals surface area contributed by atoms with Gasteiger partial charge in [-0.25, -0.2) is 8.42 Å². The zero-order valence-electron chi connectivity index (χ0n) is 27.6. The van der Waals surface area contributed by atoms with Gasteiger partial charge in [0.2, 0.25) is 5.91 Å². The van der Waals surface area contributed by atoms with Crippen LogP contribution < -0.4 is 10.6 Å². The maximum atomic E-state index is 14.4. The van der Waals surface area contributed by atoms with Crippen molar-refractivity contribution in [1.29, 1.82) is 0 Å². The number of carbonyl (C=O) groups is 2. The zero-order valence-corrected chi connectivity index (χ0v) is 29.3. The topological polar surface area (TPSA) is 102 Å². The quantitative estimate of drug-likeness (QED) is 0.0853. The molecule has 1 aliphatic carbocycles. The first-order chi connectivity index (χ1) is 22.9. The second-order valence-electron chi connectivity index (χ2n) is 13.2. The number of thiol groups is 1. The summed E-state index contributed by atoms with van der Waals surface area (Å²) in [7, 11) is -2.97. The summed E-state index contributed by atoms with van der Waals surface area (Å²) in [5, 5.41) is 6.49. The molecule has 2 amide bonds. The monoisotopic (exact) mass is 708 g/mol. The van der Waals surface area contributed by atoms with Gasteiger partial charge in [0.1, 0.15) is 0 Å². The molecule has 7 nitrogen and oxygen atoms in total. The number of carbonyl (C=O) groups excluding carboxylic acids is 2. The second-order valence-corrected chi connectivity index (χ2v) is 14.3. The number of anilines is 1. The van der Waals surface area contributed by atoms with E-state index < -0.39 is 16.4 Å². The molecule has 0 fully saturated rings. The van der Waals surface area contributed by atoms with Crippen LogP contribution in [0.25, 0.3) is 16.7 Å². The average molecular weight is 709 g/mol. The molecule has 1 unspecified atom stereocenters. The van der Waals surface area contributed by atoms with Crippen molar-refractivity contribution < 1.29 is 22.2 Å². The van der Waals surface area contributed by atoms with Gasteiger partial charge in [-0.3, -0.25) is 13.8 Å². The van der Waals surface area contributed by atoms with Gasteiger partial charge in [-0.2, -0.15) is 0 Å². The molecular weight excluding hydrogens is 667 g/mol. The van der Waals surface area contributed by atoms with E-state index in [9.17, 15) is 18.0 Å². The van der Waals surface area contributed by atoms with Crippen molar-refractivity contribution in [3.05, 3.63) is 130 Å². The molecule has 1 atom stereocenters. The molecule has 2 N–H and O–H groups in total. The Bertz CT molecular complexity index is 1910. The van der Waals surface area contributed by atoms with E-state index in [2.05, 4.69) is 46.9 Å². The Hall–Kier alpha value is -3.24. The molecule has 0 aliphatic heterocycles. The van der Waals surface area contributed by atoms with Gasteiger partial charge < -0.3 is 10.6 Å². The van der Waals surface area contributed by atoms with Crippen molar-refractivity contribution in [3.8, 4) is 11.1 Å². The first-order valence-electron chi connectivity index (χ1n) is 16.0. The number of rotatable bonds is 11. The van der Waals surface area contributed by atoms with E-state index in [0.29, 0.717) is 21.8 Å².